The summed E-state index contributed by atoms with van der Waals surface area (Å²) in [6.07, 6.45) is 11.3. The van der Waals surface area contributed by atoms with Crippen molar-refractivity contribution in [3.63, 3.8) is 0 Å². The molecule has 7 heteroatoms. The van der Waals surface area contributed by atoms with E-state index in [9.17, 15) is 8.42 Å². The van der Waals surface area contributed by atoms with Crippen molar-refractivity contribution in [2.24, 2.45) is 5.14 Å². The van der Waals surface area contributed by atoms with Crippen LogP contribution < -0.4 is 9.88 Å². The molecule has 2 aromatic rings. The van der Waals surface area contributed by atoms with Crippen molar-refractivity contribution in [3.8, 4) is 5.75 Å². The molecule has 0 spiro atoms. The third kappa shape index (κ3) is 8.05. The Balaban J connectivity index is 1.46. The van der Waals surface area contributed by atoms with Crippen molar-refractivity contribution >= 4 is 20.9 Å². The van der Waals surface area contributed by atoms with Gasteiger partial charge in [0.05, 0.1) is 5.75 Å². The van der Waals surface area contributed by atoms with Crippen LogP contribution in [0.1, 0.15) is 63.9 Å². The summed E-state index contributed by atoms with van der Waals surface area (Å²) >= 11 is 0. The van der Waals surface area contributed by atoms with E-state index in [-0.39, 0.29) is 11.9 Å². The first-order chi connectivity index (χ1) is 14.9. The standard InChI is InChI=1S/C24H37N3O3S/c1-2-3-9-20-18-21-10-8-13-26-24(21)23(19-20)30-22-11-15-27(16-12-22)14-6-4-5-7-17-31(25,28)29/h8,10,13,18-19,22H,2-7,9,11-12,14-17H2,1H3,(H2,25,28,29). The lowest BCUT2D eigenvalue weighted by Crippen LogP contribution is -2.38. The Hall–Kier alpha value is -1.70. The zero-order valence-corrected chi connectivity index (χ0v) is 19.6. The Morgan fingerprint density at radius 1 is 1.13 bits per heavy atom. The minimum atomic E-state index is -3.31. The van der Waals surface area contributed by atoms with E-state index in [2.05, 4.69) is 35.0 Å². The number of hydrogen-bond acceptors (Lipinski definition) is 5. The first-order valence-corrected chi connectivity index (χ1v) is 13.4. The maximum absolute atomic E-state index is 11.0. The number of pyridine rings is 1. The summed E-state index contributed by atoms with van der Waals surface area (Å²) in [5.74, 6) is 1.02. The van der Waals surface area contributed by atoms with E-state index in [1.807, 2.05) is 12.3 Å². The number of hydrogen-bond donors (Lipinski definition) is 1. The lowest BCUT2D eigenvalue weighted by molar-refractivity contribution is 0.100. The van der Waals surface area contributed by atoms with Gasteiger partial charge >= 0.3 is 0 Å². The van der Waals surface area contributed by atoms with Crippen LogP contribution in [0.15, 0.2) is 30.5 Å². The summed E-state index contributed by atoms with van der Waals surface area (Å²) in [6, 6.07) is 8.55. The van der Waals surface area contributed by atoms with E-state index in [0.717, 1.165) is 74.8 Å². The van der Waals surface area contributed by atoms with E-state index in [1.54, 1.807) is 0 Å². The molecule has 1 fully saturated rings. The Morgan fingerprint density at radius 3 is 2.65 bits per heavy atom. The van der Waals surface area contributed by atoms with Crippen molar-refractivity contribution < 1.29 is 13.2 Å². The summed E-state index contributed by atoms with van der Waals surface area (Å²) < 4.78 is 28.4. The van der Waals surface area contributed by atoms with Crippen LogP contribution in [-0.4, -0.2) is 49.8 Å². The fourth-order valence-corrected chi connectivity index (χ4v) is 4.86. The first kappa shape index (κ1) is 24.0. The number of benzene rings is 1. The van der Waals surface area contributed by atoms with Crippen molar-refractivity contribution in [3.05, 3.63) is 36.0 Å². The molecule has 1 saturated heterocycles. The maximum Gasteiger partial charge on any atom is 0.209 e. The normalized spacial score (nSPS) is 16.1. The maximum atomic E-state index is 11.0. The molecule has 172 valence electrons. The minimum Gasteiger partial charge on any atom is -0.488 e. The highest BCUT2D eigenvalue weighted by atomic mass is 32.2. The van der Waals surface area contributed by atoms with Crippen LogP contribution >= 0.6 is 0 Å². The lowest BCUT2D eigenvalue weighted by Gasteiger charge is -2.32. The van der Waals surface area contributed by atoms with Crippen LogP contribution in [0.3, 0.4) is 0 Å². The molecule has 1 aromatic carbocycles. The number of rotatable bonds is 12. The summed E-state index contributed by atoms with van der Waals surface area (Å²) in [5, 5.41) is 6.20. The Bertz CT molecular complexity index is 925. The van der Waals surface area contributed by atoms with Gasteiger partial charge in [-0.1, -0.05) is 32.3 Å². The van der Waals surface area contributed by atoms with Crippen molar-refractivity contribution in [2.45, 2.75) is 70.8 Å². The minimum absolute atomic E-state index is 0.0961. The first-order valence-electron chi connectivity index (χ1n) is 11.7. The summed E-state index contributed by atoms with van der Waals surface area (Å²) in [6.45, 7) is 5.38. The van der Waals surface area contributed by atoms with Gasteiger partial charge < -0.3 is 9.64 Å². The second-order valence-electron chi connectivity index (χ2n) is 8.71. The van der Waals surface area contributed by atoms with Gasteiger partial charge in [-0.3, -0.25) is 4.98 Å². The highest BCUT2D eigenvalue weighted by Crippen LogP contribution is 2.29. The van der Waals surface area contributed by atoms with Crippen LogP contribution in [-0.2, 0) is 16.4 Å². The van der Waals surface area contributed by atoms with Gasteiger partial charge in [0.1, 0.15) is 17.4 Å². The molecule has 0 amide bonds. The predicted molar refractivity (Wildman–Crippen MR) is 127 cm³/mol. The van der Waals surface area contributed by atoms with E-state index in [1.165, 1.54) is 18.4 Å². The number of likely N-dealkylation sites (tertiary alicyclic amines) is 1. The van der Waals surface area contributed by atoms with E-state index >= 15 is 0 Å². The van der Waals surface area contributed by atoms with Crippen LogP contribution in [0.5, 0.6) is 5.75 Å². The molecule has 0 atom stereocenters. The predicted octanol–water partition coefficient (Wildman–Crippen LogP) is 4.27. The second-order valence-corrected chi connectivity index (χ2v) is 10.4. The van der Waals surface area contributed by atoms with Gasteiger partial charge in [0.2, 0.25) is 10.0 Å². The molecule has 0 aliphatic carbocycles. The molecule has 0 saturated carbocycles. The molecule has 31 heavy (non-hydrogen) atoms. The average Bonchev–Trinajstić information content (AvgIpc) is 2.75. The summed E-state index contributed by atoms with van der Waals surface area (Å²) in [4.78, 5) is 7.08. The van der Waals surface area contributed by atoms with Gasteiger partial charge in [0, 0.05) is 24.7 Å². The third-order valence-corrected chi connectivity index (χ3v) is 6.89. The third-order valence-electron chi connectivity index (χ3n) is 6.03. The molecule has 6 nitrogen and oxygen atoms in total. The van der Waals surface area contributed by atoms with Gasteiger partial charge in [0.15, 0.2) is 0 Å². The van der Waals surface area contributed by atoms with Gasteiger partial charge in [-0.05, 0) is 68.8 Å². The number of nitrogens with two attached hydrogens (primary N) is 1. The molecule has 0 bridgehead atoms. The molecule has 2 N–H and O–H groups in total. The molecular weight excluding hydrogens is 410 g/mol. The molecule has 3 rings (SSSR count). The number of sulfonamides is 1. The van der Waals surface area contributed by atoms with E-state index < -0.39 is 10.0 Å². The number of fused-ring (bicyclic) bond motifs is 1. The fourth-order valence-electron chi connectivity index (χ4n) is 4.26. The lowest BCUT2D eigenvalue weighted by atomic mass is 10.0. The number of unbranched alkanes of at least 4 members (excludes halogenated alkanes) is 4. The topological polar surface area (TPSA) is 85.5 Å². The number of piperidine rings is 1. The van der Waals surface area contributed by atoms with E-state index in [0.29, 0.717) is 6.42 Å². The van der Waals surface area contributed by atoms with Crippen LogP contribution in [0.25, 0.3) is 10.9 Å². The zero-order chi connectivity index (χ0) is 22.1. The SMILES string of the molecule is CCCCc1cc(OC2CCN(CCCCCCS(N)(=O)=O)CC2)c2ncccc2c1. The van der Waals surface area contributed by atoms with Crippen molar-refractivity contribution in [1.29, 1.82) is 0 Å². The Labute approximate surface area is 187 Å². The van der Waals surface area contributed by atoms with Crippen molar-refractivity contribution in [2.75, 3.05) is 25.4 Å². The Morgan fingerprint density at radius 2 is 1.90 bits per heavy atom. The second kappa shape index (κ2) is 11.8. The molecule has 2 heterocycles. The Kier molecular flexibility index (Phi) is 9.11. The smallest absolute Gasteiger partial charge is 0.209 e. The van der Waals surface area contributed by atoms with Gasteiger partial charge in [-0.2, -0.15) is 0 Å². The van der Waals surface area contributed by atoms with Crippen LogP contribution in [0.4, 0.5) is 0 Å². The number of aryl methyl sites for hydroxylation is 1. The summed E-state index contributed by atoms with van der Waals surface area (Å²) in [7, 11) is -3.31. The zero-order valence-electron chi connectivity index (χ0n) is 18.8. The van der Waals surface area contributed by atoms with Crippen LogP contribution in [0, 0.1) is 0 Å². The largest absolute Gasteiger partial charge is 0.488 e. The molecule has 1 aliphatic heterocycles. The van der Waals surface area contributed by atoms with Crippen LogP contribution in [0.2, 0.25) is 0 Å². The van der Waals surface area contributed by atoms with E-state index in [4.69, 9.17) is 9.88 Å². The number of primary sulfonamides is 1. The summed E-state index contributed by atoms with van der Waals surface area (Å²) in [5.41, 5.74) is 2.29. The monoisotopic (exact) mass is 447 g/mol. The van der Waals surface area contributed by atoms with Crippen molar-refractivity contribution in [1.82, 2.24) is 9.88 Å². The molecule has 0 radical (unpaired) electrons. The van der Waals surface area contributed by atoms with Gasteiger partial charge in [0.25, 0.3) is 0 Å². The molecular formula is C24H37N3O3S. The molecule has 1 aromatic heterocycles. The number of aromatic nitrogens is 1. The quantitative estimate of drug-likeness (QED) is 0.491. The highest BCUT2D eigenvalue weighted by Gasteiger charge is 2.21. The number of ether oxygens (including phenoxy) is 1. The average molecular weight is 448 g/mol. The van der Waals surface area contributed by atoms with Gasteiger partial charge in [-0.25, -0.2) is 13.6 Å². The highest BCUT2D eigenvalue weighted by molar-refractivity contribution is 7.89. The molecule has 1 aliphatic rings. The van der Waals surface area contributed by atoms with Gasteiger partial charge in [-0.15, -0.1) is 0 Å². The fraction of sp³-hybridized carbons (Fsp3) is 0.625. The number of nitrogens with zero attached hydrogens (tertiary/aromatic N) is 2. The molecule has 0 unspecified atom stereocenters.